The quantitative estimate of drug-likeness (QED) is 0.698. The molecule has 0 aromatic heterocycles. The van der Waals surface area contributed by atoms with Gasteiger partial charge in [-0.25, -0.2) is 0 Å². The van der Waals surface area contributed by atoms with Crippen LogP contribution in [0.2, 0.25) is 0 Å². The molecule has 0 spiro atoms. The Morgan fingerprint density at radius 2 is 1.81 bits per heavy atom. The SMILES string of the molecule is CC(C)C[C@](C)(N)C(=O)N[C@@H](Cc1ccccc1)C(N)=O. The van der Waals surface area contributed by atoms with E-state index in [1.807, 2.05) is 44.2 Å². The zero-order valence-corrected chi connectivity index (χ0v) is 12.9. The number of rotatable bonds is 7. The molecular weight excluding hydrogens is 266 g/mol. The summed E-state index contributed by atoms with van der Waals surface area (Å²) < 4.78 is 0. The first-order valence-corrected chi connectivity index (χ1v) is 7.15. The Balaban J connectivity index is 2.75. The summed E-state index contributed by atoms with van der Waals surface area (Å²) in [6.07, 6.45) is 0.898. The lowest BCUT2D eigenvalue weighted by molar-refractivity contribution is -0.130. The van der Waals surface area contributed by atoms with Crippen molar-refractivity contribution in [1.29, 1.82) is 0 Å². The van der Waals surface area contributed by atoms with Gasteiger partial charge in [-0.2, -0.15) is 0 Å². The second-order valence-electron chi connectivity index (χ2n) is 6.13. The van der Waals surface area contributed by atoms with Crippen LogP contribution in [-0.2, 0) is 16.0 Å². The van der Waals surface area contributed by atoms with E-state index in [2.05, 4.69) is 5.32 Å². The lowest BCUT2D eigenvalue weighted by atomic mass is 9.90. The Labute approximate surface area is 126 Å². The molecule has 0 heterocycles. The molecule has 0 aliphatic carbocycles. The Morgan fingerprint density at radius 1 is 1.24 bits per heavy atom. The minimum atomic E-state index is -1.02. The largest absolute Gasteiger partial charge is 0.368 e. The van der Waals surface area contributed by atoms with Gasteiger partial charge in [-0.05, 0) is 24.8 Å². The number of primary amides is 1. The van der Waals surface area contributed by atoms with Gasteiger partial charge in [0.25, 0.3) is 0 Å². The predicted molar refractivity (Wildman–Crippen MR) is 83.3 cm³/mol. The molecule has 5 heteroatoms. The fraction of sp³-hybridized carbons (Fsp3) is 0.500. The maximum Gasteiger partial charge on any atom is 0.240 e. The number of carbonyl (C=O) groups excluding carboxylic acids is 2. The van der Waals surface area contributed by atoms with E-state index in [9.17, 15) is 9.59 Å². The van der Waals surface area contributed by atoms with E-state index in [-0.39, 0.29) is 11.8 Å². The Bertz CT molecular complexity index is 484. The molecule has 2 atom stereocenters. The summed E-state index contributed by atoms with van der Waals surface area (Å²) in [6.45, 7) is 5.66. The fourth-order valence-electron chi connectivity index (χ4n) is 2.34. The molecule has 0 aliphatic rings. The monoisotopic (exact) mass is 291 g/mol. The van der Waals surface area contributed by atoms with Crippen molar-refractivity contribution in [2.24, 2.45) is 17.4 Å². The van der Waals surface area contributed by atoms with Crippen molar-refractivity contribution in [2.45, 2.75) is 45.2 Å². The molecule has 0 fully saturated rings. The molecule has 5 nitrogen and oxygen atoms in total. The molecule has 2 amide bonds. The van der Waals surface area contributed by atoms with E-state index in [1.54, 1.807) is 6.92 Å². The highest BCUT2D eigenvalue weighted by atomic mass is 16.2. The van der Waals surface area contributed by atoms with Gasteiger partial charge < -0.3 is 16.8 Å². The van der Waals surface area contributed by atoms with Crippen molar-refractivity contribution in [3.63, 3.8) is 0 Å². The van der Waals surface area contributed by atoms with Crippen molar-refractivity contribution in [3.8, 4) is 0 Å². The molecule has 5 N–H and O–H groups in total. The lowest BCUT2D eigenvalue weighted by Crippen LogP contribution is -2.57. The van der Waals surface area contributed by atoms with Gasteiger partial charge in [0, 0.05) is 6.42 Å². The van der Waals surface area contributed by atoms with Crippen molar-refractivity contribution >= 4 is 11.8 Å². The maximum absolute atomic E-state index is 12.3. The van der Waals surface area contributed by atoms with Gasteiger partial charge in [0.05, 0.1) is 5.54 Å². The normalized spacial score (nSPS) is 15.3. The molecule has 1 rings (SSSR count). The van der Waals surface area contributed by atoms with Crippen LogP contribution in [0.5, 0.6) is 0 Å². The van der Waals surface area contributed by atoms with E-state index >= 15 is 0 Å². The standard InChI is InChI=1S/C16H25N3O2/c1-11(2)10-16(3,18)15(21)19-13(14(17)20)9-12-7-5-4-6-8-12/h4-8,11,13H,9-10,18H2,1-3H3,(H2,17,20)(H,19,21)/t13-,16-/m0/s1. The molecule has 0 unspecified atom stereocenters. The number of hydrogen-bond donors (Lipinski definition) is 3. The van der Waals surface area contributed by atoms with Gasteiger partial charge in [0.15, 0.2) is 0 Å². The van der Waals surface area contributed by atoms with Crippen LogP contribution in [0.1, 0.15) is 32.8 Å². The predicted octanol–water partition coefficient (Wildman–Crippen LogP) is 0.963. The van der Waals surface area contributed by atoms with Crippen LogP contribution >= 0.6 is 0 Å². The van der Waals surface area contributed by atoms with E-state index in [4.69, 9.17) is 11.5 Å². The Hall–Kier alpha value is -1.88. The molecule has 116 valence electrons. The minimum absolute atomic E-state index is 0.284. The maximum atomic E-state index is 12.3. The number of hydrogen-bond acceptors (Lipinski definition) is 3. The first-order chi connectivity index (χ1) is 9.72. The highest BCUT2D eigenvalue weighted by molar-refractivity contribution is 5.91. The Kier molecular flexibility index (Phi) is 5.90. The molecule has 0 aliphatic heterocycles. The lowest BCUT2D eigenvalue weighted by Gasteiger charge is -2.27. The second kappa shape index (κ2) is 7.22. The molecule has 1 aromatic rings. The molecule has 0 radical (unpaired) electrons. The topological polar surface area (TPSA) is 98.2 Å². The van der Waals surface area contributed by atoms with Crippen molar-refractivity contribution in [1.82, 2.24) is 5.32 Å². The van der Waals surface area contributed by atoms with Crippen LogP contribution in [0, 0.1) is 5.92 Å². The van der Waals surface area contributed by atoms with Crippen LogP contribution in [0.15, 0.2) is 30.3 Å². The summed E-state index contributed by atoms with van der Waals surface area (Å²) in [4.78, 5) is 23.8. The second-order valence-corrected chi connectivity index (χ2v) is 6.13. The van der Waals surface area contributed by atoms with Crippen LogP contribution in [-0.4, -0.2) is 23.4 Å². The first kappa shape index (κ1) is 17.2. The number of amides is 2. The minimum Gasteiger partial charge on any atom is -0.368 e. The van der Waals surface area contributed by atoms with Gasteiger partial charge in [0.1, 0.15) is 6.04 Å². The fourth-order valence-corrected chi connectivity index (χ4v) is 2.34. The zero-order valence-electron chi connectivity index (χ0n) is 12.9. The van der Waals surface area contributed by atoms with Gasteiger partial charge in [-0.15, -0.1) is 0 Å². The highest BCUT2D eigenvalue weighted by Gasteiger charge is 2.32. The third-order valence-electron chi connectivity index (χ3n) is 3.28. The molecule has 1 aromatic carbocycles. The smallest absolute Gasteiger partial charge is 0.240 e. The summed E-state index contributed by atoms with van der Waals surface area (Å²) in [5.74, 6) is -0.629. The van der Waals surface area contributed by atoms with Crippen molar-refractivity contribution in [2.75, 3.05) is 0 Å². The van der Waals surface area contributed by atoms with Crippen LogP contribution < -0.4 is 16.8 Å². The first-order valence-electron chi connectivity index (χ1n) is 7.15. The molecule has 0 saturated heterocycles. The third kappa shape index (κ3) is 5.55. The number of nitrogens with one attached hydrogen (secondary N) is 1. The average molecular weight is 291 g/mol. The summed E-state index contributed by atoms with van der Waals surface area (Å²) in [6, 6.07) is 8.66. The summed E-state index contributed by atoms with van der Waals surface area (Å²) >= 11 is 0. The number of nitrogens with two attached hydrogens (primary N) is 2. The van der Waals surface area contributed by atoms with E-state index in [0.717, 1.165) is 5.56 Å². The van der Waals surface area contributed by atoms with Crippen LogP contribution in [0.4, 0.5) is 0 Å². The number of carbonyl (C=O) groups is 2. The molecule has 0 bridgehead atoms. The van der Waals surface area contributed by atoms with Gasteiger partial charge >= 0.3 is 0 Å². The highest BCUT2D eigenvalue weighted by Crippen LogP contribution is 2.14. The van der Waals surface area contributed by atoms with Crippen LogP contribution in [0.25, 0.3) is 0 Å². The van der Waals surface area contributed by atoms with E-state index in [0.29, 0.717) is 12.8 Å². The van der Waals surface area contributed by atoms with Crippen molar-refractivity contribution in [3.05, 3.63) is 35.9 Å². The van der Waals surface area contributed by atoms with E-state index < -0.39 is 17.5 Å². The summed E-state index contributed by atoms with van der Waals surface area (Å²) in [5, 5.41) is 2.67. The third-order valence-corrected chi connectivity index (χ3v) is 3.28. The van der Waals surface area contributed by atoms with Crippen molar-refractivity contribution < 1.29 is 9.59 Å². The summed E-state index contributed by atoms with van der Waals surface area (Å²) in [5.41, 5.74) is 11.3. The molecular formula is C16H25N3O2. The Morgan fingerprint density at radius 3 is 2.29 bits per heavy atom. The average Bonchev–Trinajstić information content (AvgIpc) is 2.37. The number of benzene rings is 1. The molecule has 0 saturated carbocycles. The van der Waals surface area contributed by atoms with Gasteiger partial charge in [-0.3, -0.25) is 9.59 Å². The summed E-state index contributed by atoms with van der Waals surface area (Å²) in [7, 11) is 0. The zero-order chi connectivity index (χ0) is 16.0. The van der Waals surface area contributed by atoms with Crippen LogP contribution in [0.3, 0.4) is 0 Å². The van der Waals surface area contributed by atoms with Gasteiger partial charge in [-0.1, -0.05) is 44.2 Å². The van der Waals surface area contributed by atoms with E-state index in [1.165, 1.54) is 0 Å². The van der Waals surface area contributed by atoms with Gasteiger partial charge in [0.2, 0.25) is 11.8 Å². The molecule has 21 heavy (non-hydrogen) atoms.